The molecule has 0 amide bonds. The predicted octanol–water partition coefficient (Wildman–Crippen LogP) is 3.35. The zero-order valence-corrected chi connectivity index (χ0v) is 7.35. The number of hydrogen-bond donors (Lipinski definition) is 0. The number of aryl methyl sites for hydroxylation is 1. The third-order valence-electron chi connectivity index (χ3n) is 1.80. The van der Waals surface area contributed by atoms with Crippen LogP contribution in [0.3, 0.4) is 0 Å². The Morgan fingerprint density at radius 3 is 2.45 bits per heavy atom. The molecule has 0 saturated heterocycles. The summed E-state index contributed by atoms with van der Waals surface area (Å²) in [5, 5.41) is 0. The highest BCUT2D eigenvalue weighted by Crippen LogP contribution is 2.22. The van der Waals surface area contributed by atoms with Crippen molar-refractivity contribution in [2.75, 3.05) is 0 Å². The molecule has 11 heavy (non-hydrogen) atoms. The Balaban J connectivity index is 3.06. The van der Waals surface area contributed by atoms with Gasteiger partial charge in [0, 0.05) is 0 Å². The molecule has 0 spiro atoms. The van der Waals surface area contributed by atoms with Crippen LogP contribution in [0, 0.1) is 6.92 Å². The summed E-state index contributed by atoms with van der Waals surface area (Å²) in [5.41, 5.74) is 1.28. The van der Waals surface area contributed by atoms with E-state index in [0.29, 0.717) is 5.92 Å². The van der Waals surface area contributed by atoms with Gasteiger partial charge < -0.3 is 4.42 Å². The predicted molar refractivity (Wildman–Crippen MR) is 47.6 cm³/mol. The van der Waals surface area contributed by atoms with Crippen molar-refractivity contribution < 1.29 is 4.42 Å². The van der Waals surface area contributed by atoms with Gasteiger partial charge in [-0.1, -0.05) is 20.4 Å². The summed E-state index contributed by atoms with van der Waals surface area (Å²) in [6.45, 7) is 9.95. The Morgan fingerprint density at radius 2 is 2.18 bits per heavy atom. The highest BCUT2D eigenvalue weighted by Gasteiger charge is 2.07. The lowest BCUT2D eigenvalue weighted by Gasteiger charge is -1.99. The second-order valence-corrected chi connectivity index (χ2v) is 3.02. The molecule has 1 heteroatoms. The zero-order valence-electron chi connectivity index (χ0n) is 7.35. The van der Waals surface area contributed by atoms with Gasteiger partial charge in [-0.2, -0.15) is 0 Å². The van der Waals surface area contributed by atoms with E-state index in [1.54, 1.807) is 6.08 Å². The average molecular weight is 150 g/mol. The Kier molecular flexibility index (Phi) is 2.18. The summed E-state index contributed by atoms with van der Waals surface area (Å²) in [5.74, 6) is 2.41. The molecule has 0 aromatic carbocycles. The first kappa shape index (κ1) is 8.12. The van der Waals surface area contributed by atoms with E-state index in [2.05, 4.69) is 20.4 Å². The zero-order chi connectivity index (χ0) is 8.43. The molecule has 0 unspecified atom stereocenters. The van der Waals surface area contributed by atoms with E-state index in [0.717, 1.165) is 11.5 Å². The minimum absolute atomic E-state index is 0.535. The minimum Gasteiger partial charge on any atom is -0.462 e. The smallest absolute Gasteiger partial charge is 0.126 e. The first-order valence-electron chi connectivity index (χ1n) is 3.88. The monoisotopic (exact) mass is 150 g/mol. The lowest BCUT2D eigenvalue weighted by atomic mass is 10.0. The van der Waals surface area contributed by atoms with E-state index in [4.69, 9.17) is 4.42 Å². The molecular formula is C10H14O. The van der Waals surface area contributed by atoms with Gasteiger partial charge >= 0.3 is 0 Å². The Morgan fingerprint density at radius 1 is 1.55 bits per heavy atom. The second-order valence-electron chi connectivity index (χ2n) is 3.02. The van der Waals surface area contributed by atoms with Crippen molar-refractivity contribution in [2.45, 2.75) is 26.7 Å². The van der Waals surface area contributed by atoms with Crippen molar-refractivity contribution in [3.8, 4) is 0 Å². The molecular weight excluding hydrogens is 136 g/mol. The molecule has 0 saturated carbocycles. The van der Waals surface area contributed by atoms with Crippen LogP contribution in [0.4, 0.5) is 0 Å². The molecule has 1 nitrogen and oxygen atoms in total. The number of furan rings is 1. The largest absolute Gasteiger partial charge is 0.462 e. The minimum atomic E-state index is 0.535. The maximum absolute atomic E-state index is 5.41. The SMILES string of the molecule is C=Cc1cc(C(C)C)c(C)o1. The third kappa shape index (κ3) is 1.53. The molecule has 1 rings (SSSR count). The van der Waals surface area contributed by atoms with Gasteiger partial charge in [0.2, 0.25) is 0 Å². The van der Waals surface area contributed by atoms with Crippen LogP contribution >= 0.6 is 0 Å². The molecule has 0 N–H and O–H groups in total. The molecule has 1 aromatic heterocycles. The molecule has 0 aliphatic rings. The van der Waals surface area contributed by atoms with Gasteiger partial charge in [0.05, 0.1) is 0 Å². The maximum atomic E-state index is 5.41. The summed E-state index contributed by atoms with van der Waals surface area (Å²) in [4.78, 5) is 0. The molecule has 0 aliphatic carbocycles. The standard InChI is InChI=1S/C10H14O/c1-5-9-6-10(7(2)3)8(4)11-9/h5-7H,1H2,2-4H3. The van der Waals surface area contributed by atoms with Gasteiger partial charge in [-0.3, -0.25) is 0 Å². The highest BCUT2D eigenvalue weighted by molar-refractivity contribution is 5.43. The molecule has 0 bridgehead atoms. The van der Waals surface area contributed by atoms with Crippen molar-refractivity contribution in [3.63, 3.8) is 0 Å². The van der Waals surface area contributed by atoms with Crippen LogP contribution in [-0.4, -0.2) is 0 Å². The van der Waals surface area contributed by atoms with Crippen molar-refractivity contribution in [3.05, 3.63) is 29.7 Å². The summed E-state index contributed by atoms with van der Waals surface area (Å²) in [6.07, 6.45) is 1.74. The molecule has 60 valence electrons. The highest BCUT2D eigenvalue weighted by atomic mass is 16.3. The van der Waals surface area contributed by atoms with E-state index >= 15 is 0 Å². The van der Waals surface area contributed by atoms with Gasteiger partial charge in [0.1, 0.15) is 11.5 Å². The lowest BCUT2D eigenvalue weighted by Crippen LogP contribution is -1.84. The van der Waals surface area contributed by atoms with Gasteiger partial charge in [-0.25, -0.2) is 0 Å². The average Bonchev–Trinajstić information content (AvgIpc) is 2.30. The first-order valence-corrected chi connectivity index (χ1v) is 3.88. The van der Waals surface area contributed by atoms with Crippen LogP contribution in [0.5, 0.6) is 0 Å². The Hall–Kier alpha value is -0.980. The quantitative estimate of drug-likeness (QED) is 0.630. The number of rotatable bonds is 2. The molecule has 0 aliphatic heterocycles. The topological polar surface area (TPSA) is 13.1 Å². The molecule has 0 radical (unpaired) electrons. The van der Waals surface area contributed by atoms with Gasteiger partial charge in [-0.15, -0.1) is 0 Å². The van der Waals surface area contributed by atoms with E-state index in [1.165, 1.54) is 5.56 Å². The van der Waals surface area contributed by atoms with E-state index < -0.39 is 0 Å². The van der Waals surface area contributed by atoms with E-state index in [9.17, 15) is 0 Å². The molecule has 1 heterocycles. The van der Waals surface area contributed by atoms with Crippen LogP contribution in [0.15, 0.2) is 17.1 Å². The normalized spacial score (nSPS) is 10.5. The van der Waals surface area contributed by atoms with Crippen molar-refractivity contribution in [2.24, 2.45) is 0 Å². The molecule has 1 aromatic rings. The first-order chi connectivity index (χ1) is 5.15. The summed E-state index contributed by atoms with van der Waals surface area (Å²) in [6, 6.07) is 2.05. The van der Waals surface area contributed by atoms with Crippen LogP contribution in [0.1, 0.15) is 36.8 Å². The maximum Gasteiger partial charge on any atom is 0.126 e. The van der Waals surface area contributed by atoms with Crippen molar-refractivity contribution >= 4 is 6.08 Å². The van der Waals surface area contributed by atoms with Crippen molar-refractivity contribution in [1.29, 1.82) is 0 Å². The Bertz CT molecular complexity index is 256. The van der Waals surface area contributed by atoms with Gasteiger partial charge in [-0.05, 0) is 30.5 Å². The van der Waals surface area contributed by atoms with Crippen LogP contribution < -0.4 is 0 Å². The third-order valence-corrected chi connectivity index (χ3v) is 1.80. The fourth-order valence-electron chi connectivity index (χ4n) is 1.19. The fourth-order valence-corrected chi connectivity index (χ4v) is 1.19. The lowest BCUT2D eigenvalue weighted by molar-refractivity contribution is 0.519. The van der Waals surface area contributed by atoms with Crippen LogP contribution in [0.25, 0.3) is 6.08 Å². The summed E-state index contributed by atoms with van der Waals surface area (Å²) < 4.78 is 5.41. The summed E-state index contributed by atoms with van der Waals surface area (Å²) >= 11 is 0. The summed E-state index contributed by atoms with van der Waals surface area (Å²) in [7, 11) is 0. The van der Waals surface area contributed by atoms with Crippen LogP contribution in [0.2, 0.25) is 0 Å². The second kappa shape index (κ2) is 2.95. The fraction of sp³-hybridized carbons (Fsp3) is 0.400. The van der Waals surface area contributed by atoms with Gasteiger partial charge in [0.15, 0.2) is 0 Å². The van der Waals surface area contributed by atoms with Gasteiger partial charge in [0.25, 0.3) is 0 Å². The molecule has 0 atom stereocenters. The molecule has 0 fully saturated rings. The van der Waals surface area contributed by atoms with Crippen molar-refractivity contribution in [1.82, 2.24) is 0 Å². The van der Waals surface area contributed by atoms with Crippen LogP contribution in [-0.2, 0) is 0 Å². The Labute approximate surface area is 67.7 Å². The van der Waals surface area contributed by atoms with E-state index in [-0.39, 0.29) is 0 Å². The van der Waals surface area contributed by atoms with E-state index in [1.807, 2.05) is 13.0 Å². The number of hydrogen-bond acceptors (Lipinski definition) is 1.